The molecule has 0 spiro atoms. The van der Waals surface area contributed by atoms with Crippen LogP contribution >= 0.6 is 11.6 Å². The molecule has 0 bridgehead atoms. The van der Waals surface area contributed by atoms with E-state index in [-0.39, 0.29) is 5.60 Å². The van der Waals surface area contributed by atoms with Crippen molar-refractivity contribution >= 4 is 17.4 Å². The Balaban J connectivity index is 2.12. The number of anilines is 1. The summed E-state index contributed by atoms with van der Waals surface area (Å²) in [6.45, 7) is 6.84. The van der Waals surface area contributed by atoms with Crippen molar-refractivity contribution in [3.63, 3.8) is 0 Å². The fourth-order valence-electron chi connectivity index (χ4n) is 1.90. The Morgan fingerprint density at radius 1 is 1.56 bits per heavy atom. The highest BCUT2D eigenvalue weighted by atomic mass is 35.5. The van der Waals surface area contributed by atoms with Crippen LogP contribution in [-0.2, 0) is 4.74 Å². The average molecular weight is 241 g/mol. The van der Waals surface area contributed by atoms with E-state index in [4.69, 9.17) is 16.3 Å². The maximum Gasteiger partial charge on any atom is 0.128 e. The van der Waals surface area contributed by atoms with Gasteiger partial charge in [0.25, 0.3) is 0 Å². The smallest absolute Gasteiger partial charge is 0.128 e. The van der Waals surface area contributed by atoms with Gasteiger partial charge in [-0.3, -0.25) is 0 Å². The highest BCUT2D eigenvalue weighted by Gasteiger charge is 2.30. The van der Waals surface area contributed by atoms with Gasteiger partial charge in [-0.1, -0.05) is 18.5 Å². The monoisotopic (exact) mass is 240 g/mol. The molecule has 1 unspecified atom stereocenters. The number of nitrogens with zero attached hydrogens (tertiary/aromatic N) is 2. The largest absolute Gasteiger partial charge is 0.372 e. The minimum absolute atomic E-state index is 0.0560. The summed E-state index contributed by atoms with van der Waals surface area (Å²) in [5.74, 6) is 0.979. The van der Waals surface area contributed by atoms with E-state index in [0.29, 0.717) is 5.02 Å². The average Bonchev–Trinajstić information content (AvgIpc) is 2.30. The lowest BCUT2D eigenvalue weighted by atomic mass is 10.0. The van der Waals surface area contributed by atoms with E-state index in [1.54, 1.807) is 6.20 Å². The fourth-order valence-corrected chi connectivity index (χ4v) is 2.01. The SMILES string of the molecule is CCC1(C)CN(c2ccc(Cl)cn2)CCO1. The molecule has 1 saturated heterocycles. The summed E-state index contributed by atoms with van der Waals surface area (Å²) >= 11 is 5.83. The highest BCUT2D eigenvalue weighted by molar-refractivity contribution is 6.30. The number of rotatable bonds is 2. The molecule has 16 heavy (non-hydrogen) atoms. The molecule has 4 heteroatoms. The van der Waals surface area contributed by atoms with Crippen LogP contribution in [0.2, 0.25) is 5.02 Å². The van der Waals surface area contributed by atoms with Gasteiger partial charge in [-0.25, -0.2) is 4.98 Å². The lowest BCUT2D eigenvalue weighted by Crippen LogP contribution is -2.50. The predicted octanol–water partition coefficient (Wildman–Crippen LogP) is 2.74. The first-order valence-corrected chi connectivity index (χ1v) is 6.01. The van der Waals surface area contributed by atoms with Crippen LogP contribution in [-0.4, -0.2) is 30.3 Å². The minimum Gasteiger partial charge on any atom is -0.372 e. The van der Waals surface area contributed by atoms with Crippen LogP contribution in [0.25, 0.3) is 0 Å². The Bertz CT molecular complexity index is 355. The van der Waals surface area contributed by atoms with Crippen LogP contribution in [0.15, 0.2) is 18.3 Å². The third kappa shape index (κ3) is 2.47. The van der Waals surface area contributed by atoms with Gasteiger partial charge >= 0.3 is 0 Å². The molecule has 1 aliphatic rings. The lowest BCUT2D eigenvalue weighted by molar-refractivity contribution is -0.0443. The summed E-state index contributed by atoms with van der Waals surface area (Å²) in [6, 6.07) is 3.84. The number of halogens is 1. The molecule has 1 aliphatic heterocycles. The summed E-state index contributed by atoms with van der Waals surface area (Å²) < 4.78 is 5.79. The van der Waals surface area contributed by atoms with Gasteiger partial charge in [0, 0.05) is 19.3 Å². The second kappa shape index (κ2) is 4.60. The third-order valence-corrected chi connectivity index (χ3v) is 3.34. The van der Waals surface area contributed by atoms with Crippen molar-refractivity contribution in [3.8, 4) is 0 Å². The number of pyridine rings is 1. The maximum absolute atomic E-state index is 5.83. The molecule has 0 aromatic carbocycles. The van der Waals surface area contributed by atoms with Crippen molar-refractivity contribution in [1.29, 1.82) is 0 Å². The Kier molecular flexibility index (Phi) is 3.36. The van der Waals surface area contributed by atoms with Gasteiger partial charge in [0.05, 0.1) is 17.2 Å². The van der Waals surface area contributed by atoms with Crippen molar-refractivity contribution in [1.82, 2.24) is 4.98 Å². The normalized spacial score (nSPS) is 25.8. The van der Waals surface area contributed by atoms with Gasteiger partial charge in [-0.05, 0) is 25.5 Å². The zero-order chi connectivity index (χ0) is 11.6. The Morgan fingerprint density at radius 3 is 3.00 bits per heavy atom. The number of morpholine rings is 1. The second-order valence-corrected chi connectivity index (χ2v) is 4.84. The number of ether oxygens (including phenoxy) is 1. The van der Waals surface area contributed by atoms with Crippen molar-refractivity contribution < 1.29 is 4.74 Å². The van der Waals surface area contributed by atoms with E-state index >= 15 is 0 Å². The summed E-state index contributed by atoms with van der Waals surface area (Å²) in [4.78, 5) is 6.59. The molecule has 1 fully saturated rings. The first kappa shape index (κ1) is 11.7. The molecule has 1 aromatic heterocycles. The summed E-state index contributed by atoms with van der Waals surface area (Å²) in [5.41, 5.74) is -0.0560. The molecule has 1 aromatic rings. The molecule has 3 nitrogen and oxygen atoms in total. The molecule has 0 saturated carbocycles. The Hall–Kier alpha value is -0.800. The van der Waals surface area contributed by atoms with E-state index in [0.717, 1.165) is 31.9 Å². The van der Waals surface area contributed by atoms with Crippen LogP contribution in [0.4, 0.5) is 5.82 Å². The fraction of sp³-hybridized carbons (Fsp3) is 0.583. The third-order valence-electron chi connectivity index (χ3n) is 3.12. The molecule has 0 amide bonds. The number of aromatic nitrogens is 1. The number of hydrogen-bond acceptors (Lipinski definition) is 3. The van der Waals surface area contributed by atoms with Gasteiger partial charge in [0.2, 0.25) is 0 Å². The first-order valence-electron chi connectivity index (χ1n) is 5.63. The van der Waals surface area contributed by atoms with Gasteiger partial charge in [-0.15, -0.1) is 0 Å². The molecule has 2 heterocycles. The summed E-state index contributed by atoms with van der Waals surface area (Å²) in [6.07, 6.45) is 2.70. The zero-order valence-corrected chi connectivity index (χ0v) is 10.5. The Morgan fingerprint density at radius 2 is 2.38 bits per heavy atom. The highest BCUT2D eigenvalue weighted by Crippen LogP contribution is 2.24. The van der Waals surface area contributed by atoms with Crippen LogP contribution < -0.4 is 4.90 Å². The van der Waals surface area contributed by atoms with Crippen LogP contribution in [0.3, 0.4) is 0 Å². The molecule has 88 valence electrons. The van der Waals surface area contributed by atoms with Crippen molar-refractivity contribution in [2.75, 3.05) is 24.6 Å². The van der Waals surface area contributed by atoms with Crippen molar-refractivity contribution in [2.45, 2.75) is 25.9 Å². The second-order valence-electron chi connectivity index (χ2n) is 4.41. The van der Waals surface area contributed by atoms with Gasteiger partial charge in [0.1, 0.15) is 5.82 Å². The minimum atomic E-state index is -0.0560. The zero-order valence-electron chi connectivity index (χ0n) is 9.74. The van der Waals surface area contributed by atoms with Crippen LogP contribution in [0, 0.1) is 0 Å². The van der Waals surface area contributed by atoms with E-state index in [1.807, 2.05) is 12.1 Å². The molecular weight excluding hydrogens is 224 g/mol. The van der Waals surface area contributed by atoms with Crippen LogP contribution in [0.1, 0.15) is 20.3 Å². The first-order chi connectivity index (χ1) is 7.63. The standard InChI is InChI=1S/C12H17ClN2O/c1-3-12(2)9-15(6-7-16-12)11-5-4-10(13)8-14-11/h4-5,8H,3,6-7,9H2,1-2H3. The summed E-state index contributed by atoms with van der Waals surface area (Å²) in [5, 5.41) is 0.676. The van der Waals surface area contributed by atoms with E-state index in [2.05, 4.69) is 23.7 Å². The van der Waals surface area contributed by atoms with Crippen LogP contribution in [0.5, 0.6) is 0 Å². The quantitative estimate of drug-likeness (QED) is 0.795. The lowest BCUT2D eigenvalue weighted by Gasteiger charge is -2.40. The maximum atomic E-state index is 5.83. The van der Waals surface area contributed by atoms with E-state index < -0.39 is 0 Å². The molecule has 2 rings (SSSR count). The Labute approximate surface area is 101 Å². The topological polar surface area (TPSA) is 25.4 Å². The molecule has 0 N–H and O–H groups in total. The van der Waals surface area contributed by atoms with Gasteiger partial charge < -0.3 is 9.64 Å². The van der Waals surface area contributed by atoms with Crippen molar-refractivity contribution in [2.24, 2.45) is 0 Å². The van der Waals surface area contributed by atoms with Gasteiger partial charge in [0.15, 0.2) is 0 Å². The van der Waals surface area contributed by atoms with E-state index in [1.165, 1.54) is 0 Å². The molecule has 0 aliphatic carbocycles. The van der Waals surface area contributed by atoms with E-state index in [9.17, 15) is 0 Å². The van der Waals surface area contributed by atoms with Crippen molar-refractivity contribution in [3.05, 3.63) is 23.4 Å². The molecular formula is C12H17ClN2O. The van der Waals surface area contributed by atoms with Gasteiger partial charge in [-0.2, -0.15) is 0 Å². The predicted molar refractivity (Wildman–Crippen MR) is 66.1 cm³/mol. The summed E-state index contributed by atoms with van der Waals surface area (Å²) in [7, 11) is 0. The number of hydrogen-bond donors (Lipinski definition) is 0. The molecule has 0 radical (unpaired) electrons. The molecule has 1 atom stereocenters.